The summed E-state index contributed by atoms with van der Waals surface area (Å²) in [5.74, 6) is 0.799. The molecule has 1 saturated heterocycles. The largest absolute Gasteiger partial charge is 0.494 e. The van der Waals surface area contributed by atoms with E-state index >= 15 is 0 Å². The minimum Gasteiger partial charge on any atom is -0.494 e. The van der Waals surface area contributed by atoms with Crippen LogP contribution in [0.5, 0.6) is 5.75 Å². The highest BCUT2D eigenvalue weighted by Crippen LogP contribution is 2.38. The van der Waals surface area contributed by atoms with Gasteiger partial charge in [-0.25, -0.2) is 0 Å². The molecule has 158 valence electrons. The van der Waals surface area contributed by atoms with Gasteiger partial charge in [-0.1, -0.05) is 35.9 Å². The molecule has 1 heterocycles. The summed E-state index contributed by atoms with van der Waals surface area (Å²) in [6.45, 7) is 1.61. The molecule has 0 bridgehead atoms. The molecule has 3 unspecified atom stereocenters. The van der Waals surface area contributed by atoms with Crippen LogP contribution < -0.4 is 4.74 Å². The van der Waals surface area contributed by atoms with Crippen molar-refractivity contribution in [3.63, 3.8) is 0 Å². The van der Waals surface area contributed by atoms with E-state index in [0.29, 0.717) is 23.6 Å². The van der Waals surface area contributed by atoms with Gasteiger partial charge in [-0.05, 0) is 48.2 Å². The Morgan fingerprint density at radius 1 is 1.10 bits per heavy atom. The first-order chi connectivity index (χ1) is 13.9. The molecule has 3 atom stereocenters. The first-order valence-corrected chi connectivity index (χ1v) is 10.0. The molecule has 6 nitrogen and oxygen atoms in total. The van der Waals surface area contributed by atoms with Gasteiger partial charge in [0, 0.05) is 11.4 Å². The fourth-order valence-electron chi connectivity index (χ4n) is 3.61. The van der Waals surface area contributed by atoms with Gasteiger partial charge in [-0.3, -0.25) is 0 Å². The zero-order valence-electron chi connectivity index (χ0n) is 16.3. The Morgan fingerprint density at radius 3 is 2.41 bits per heavy atom. The third-order valence-corrected chi connectivity index (χ3v) is 5.63. The smallest absolute Gasteiger partial charge is 0.119 e. The van der Waals surface area contributed by atoms with Gasteiger partial charge in [0.05, 0.1) is 25.9 Å². The van der Waals surface area contributed by atoms with Crippen LogP contribution in [0, 0.1) is 0 Å². The van der Waals surface area contributed by atoms with Crippen molar-refractivity contribution in [3.05, 3.63) is 64.2 Å². The average Bonchev–Trinajstić information content (AvgIpc) is 2.73. The van der Waals surface area contributed by atoms with Crippen molar-refractivity contribution in [2.24, 2.45) is 0 Å². The lowest BCUT2D eigenvalue weighted by Gasteiger charge is -2.44. The Kier molecular flexibility index (Phi) is 7.16. The number of ether oxygens (including phenoxy) is 2. The van der Waals surface area contributed by atoms with Crippen molar-refractivity contribution in [1.29, 1.82) is 0 Å². The van der Waals surface area contributed by atoms with E-state index in [9.17, 15) is 20.4 Å². The molecule has 0 saturated carbocycles. The molecule has 29 heavy (non-hydrogen) atoms. The lowest BCUT2D eigenvalue weighted by molar-refractivity contribution is -0.240. The summed E-state index contributed by atoms with van der Waals surface area (Å²) in [5, 5.41) is 40.6. The standard InChI is InChI=1S/C22H27ClO6/c1-2-28-17-6-3-14(4-7-17)9-16-10-15(5-8-18(16)23)21-20(27)19(26)11-22(12-24,13-25)29-21/h3-8,10,19-21,24-27H,2,9,11-13H2,1H3. The normalized spacial score (nSPS) is 23.7. The van der Waals surface area contributed by atoms with Crippen LogP contribution in [0.2, 0.25) is 5.02 Å². The second kappa shape index (κ2) is 9.43. The Bertz CT molecular complexity index is 805. The third-order valence-electron chi connectivity index (χ3n) is 5.27. The molecule has 3 rings (SSSR count). The van der Waals surface area contributed by atoms with Gasteiger partial charge in [0.2, 0.25) is 0 Å². The summed E-state index contributed by atoms with van der Waals surface area (Å²) >= 11 is 6.38. The molecule has 0 spiro atoms. The maximum atomic E-state index is 10.5. The molecule has 2 aromatic carbocycles. The monoisotopic (exact) mass is 422 g/mol. The molecule has 0 radical (unpaired) electrons. The minimum atomic E-state index is -1.31. The topological polar surface area (TPSA) is 99.4 Å². The van der Waals surface area contributed by atoms with Crippen LogP contribution in [-0.2, 0) is 11.2 Å². The summed E-state index contributed by atoms with van der Waals surface area (Å²) in [6, 6.07) is 13.0. The van der Waals surface area contributed by atoms with Crippen LogP contribution in [0.4, 0.5) is 0 Å². The average molecular weight is 423 g/mol. The van der Waals surface area contributed by atoms with Crippen molar-refractivity contribution in [1.82, 2.24) is 0 Å². The maximum absolute atomic E-state index is 10.5. The van der Waals surface area contributed by atoms with Crippen LogP contribution >= 0.6 is 11.6 Å². The van der Waals surface area contributed by atoms with E-state index in [1.165, 1.54) is 0 Å². The van der Waals surface area contributed by atoms with Crippen LogP contribution in [0.3, 0.4) is 0 Å². The third kappa shape index (κ3) is 4.91. The number of hydrogen-bond donors (Lipinski definition) is 4. The van der Waals surface area contributed by atoms with Crippen LogP contribution in [0.25, 0.3) is 0 Å². The van der Waals surface area contributed by atoms with Crippen LogP contribution in [0.1, 0.15) is 36.1 Å². The van der Waals surface area contributed by atoms with E-state index in [1.54, 1.807) is 12.1 Å². The number of aliphatic hydroxyl groups excluding tert-OH is 4. The molecule has 1 aliphatic rings. The highest BCUT2D eigenvalue weighted by atomic mass is 35.5. The predicted molar refractivity (Wildman–Crippen MR) is 109 cm³/mol. The molecule has 2 aromatic rings. The molecular formula is C22H27ClO6. The number of benzene rings is 2. The van der Waals surface area contributed by atoms with Gasteiger partial charge >= 0.3 is 0 Å². The second-order valence-corrected chi connectivity index (χ2v) is 7.81. The fourth-order valence-corrected chi connectivity index (χ4v) is 3.79. The van der Waals surface area contributed by atoms with Crippen molar-refractivity contribution in [3.8, 4) is 5.75 Å². The van der Waals surface area contributed by atoms with E-state index in [4.69, 9.17) is 21.1 Å². The molecule has 7 heteroatoms. The molecule has 0 aliphatic carbocycles. The number of aliphatic hydroxyl groups is 4. The first-order valence-electron chi connectivity index (χ1n) is 9.67. The van der Waals surface area contributed by atoms with Crippen molar-refractivity contribution < 1.29 is 29.9 Å². The Balaban J connectivity index is 1.85. The summed E-state index contributed by atoms with van der Waals surface area (Å²) in [7, 11) is 0. The summed E-state index contributed by atoms with van der Waals surface area (Å²) in [6.07, 6.45) is -2.69. The SMILES string of the molecule is CCOc1ccc(Cc2cc(C3OC(CO)(CO)CC(O)C3O)ccc2Cl)cc1. The van der Waals surface area contributed by atoms with Gasteiger partial charge in [0.1, 0.15) is 23.6 Å². The van der Waals surface area contributed by atoms with E-state index in [1.807, 2.05) is 37.3 Å². The van der Waals surface area contributed by atoms with E-state index in [-0.39, 0.29) is 6.42 Å². The summed E-state index contributed by atoms with van der Waals surface area (Å²) in [5.41, 5.74) is 1.19. The molecule has 0 aromatic heterocycles. The Labute approximate surface area is 175 Å². The second-order valence-electron chi connectivity index (χ2n) is 7.40. The zero-order chi connectivity index (χ0) is 21.0. The molecule has 1 fully saturated rings. The predicted octanol–water partition coefficient (Wildman–Crippen LogP) is 2.24. The molecule has 1 aliphatic heterocycles. The number of rotatable bonds is 7. The zero-order valence-corrected chi connectivity index (χ0v) is 17.0. The van der Waals surface area contributed by atoms with Gasteiger partial charge in [0.15, 0.2) is 0 Å². The van der Waals surface area contributed by atoms with Gasteiger partial charge < -0.3 is 29.9 Å². The Hall–Kier alpha value is -1.67. The van der Waals surface area contributed by atoms with Crippen molar-refractivity contribution in [2.45, 2.75) is 43.7 Å². The number of hydrogen-bond acceptors (Lipinski definition) is 6. The molecule has 4 N–H and O–H groups in total. The van der Waals surface area contributed by atoms with Crippen LogP contribution in [-0.4, -0.2) is 58.1 Å². The van der Waals surface area contributed by atoms with E-state index < -0.39 is 37.1 Å². The highest BCUT2D eigenvalue weighted by molar-refractivity contribution is 6.31. The quantitative estimate of drug-likeness (QED) is 0.546. The highest BCUT2D eigenvalue weighted by Gasteiger charge is 2.46. The molecular weight excluding hydrogens is 396 g/mol. The lowest BCUT2D eigenvalue weighted by Crippen LogP contribution is -2.54. The first kappa shape index (κ1) is 22.0. The molecule has 0 amide bonds. The van der Waals surface area contributed by atoms with Gasteiger partial charge in [-0.2, -0.15) is 0 Å². The maximum Gasteiger partial charge on any atom is 0.119 e. The number of halogens is 1. The minimum absolute atomic E-state index is 0.0513. The van der Waals surface area contributed by atoms with E-state index in [2.05, 4.69) is 0 Å². The van der Waals surface area contributed by atoms with Gasteiger partial charge in [0.25, 0.3) is 0 Å². The lowest BCUT2D eigenvalue weighted by atomic mass is 9.86. The van der Waals surface area contributed by atoms with Crippen molar-refractivity contribution >= 4 is 11.6 Å². The summed E-state index contributed by atoms with van der Waals surface area (Å²) in [4.78, 5) is 0. The Morgan fingerprint density at radius 2 is 1.79 bits per heavy atom. The van der Waals surface area contributed by atoms with Gasteiger partial charge in [-0.15, -0.1) is 0 Å². The van der Waals surface area contributed by atoms with Crippen molar-refractivity contribution in [2.75, 3.05) is 19.8 Å². The summed E-state index contributed by atoms with van der Waals surface area (Å²) < 4.78 is 11.3. The van der Waals surface area contributed by atoms with Crippen LogP contribution in [0.15, 0.2) is 42.5 Å². The fraction of sp³-hybridized carbons (Fsp3) is 0.455. The van der Waals surface area contributed by atoms with E-state index in [0.717, 1.165) is 16.9 Å².